The largest absolute Gasteiger partial charge is 0.494 e. The number of fused-ring (bicyclic) bond motifs is 1. The van der Waals surface area contributed by atoms with Crippen LogP contribution >= 0.6 is 11.3 Å². The summed E-state index contributed by atoms with van der Waals surface area (Å²) >= 11 is 1.58. The summed E-state index contributed by atoms with van der Waals surface area (Å²) in [5, 5.41) is 23.8. The lowest BCUT2D eigenvalue weighted by Crippen LogP contribution is -2.57. The van der Waals surface area contributed by atoms with Crippen molar-refractivity contribution < 1.29 is 33.8 Å². The maximum atomic E-state index is 14.1. The van der Waals surface area contributed by atoms with Gasteiger partial charge in [0.15, 0.2) is 0 Å². The van der Waals surface area contributed by atoms with E-state index in [-0.39, 0.29) is 67.9 Å². The Labute approximate surface area is 468 Å². The molecule has 20 heteroatoms. The number of unbranched alkanes of at least 4 members (excludes halogenated alkanes) is 3. The number of thiazole rings is 1. The highest BCUT2D eigenvalue weighted by Gasteiger charge is 2.44. The number of hydrogen-bond acceptors (Lipinski definition) is 15. The molecule has 19 nitrogen and oxygen atoms in total. The van der Waals surface area contributed by atoms with Crippen LogP contribution in [0.5, 0.6) is 5.75 Å². The molecule has 3 atom stereocenters. The lowest BCUT2D eigenvalue weighted by Gasteiger charge is -2.36. The van der Waals surface area contributed by atoms with Gasteiger partial charge in [0.05, 0.1) is 41.6 Å². The van der Waals surface area contributed by atoms with Gasteiger partial charge in [0, 0.05) is 107 Å². The molecule has 3 aliphatic rings. The van der Waals surface area contributed by atoms with Gasteiger partial charge >= 0.3 is 0 Å². The first-order valence-electron chi connectivity index (χ1n) is 28.2. The standard InChI is InChI=1S/C59H81N11O8S/c1-8-50(72)63-42-17-19-43(20-18-42)70-52(74)31-38(2)46-35-61-58(66-55(46)70)64-47-22-21-44(32-49(47)77-7)68-27-25-67(26-28-68)24-11-9-10-12-29-78-30-23-51(73)65-54(59(4,5)6)57(76)69-36-45(71)33-48(69)56(75)60-34-40-13-15-41(16-14-40)53-39(3)62-37-79-53/h13-16,21-22,31-32,35,37,42-43,45,48,54,71H,8-12,17-20,23-30,33-34,36H2,1-7H3,(H,60,75)(H,63,72)(H,65,73)(H,61,64,66)/t42?,43?,45-,48+,54-/m1/s1. The van der Waals surface area contributed by atoms with E-state index in [1.807, 2.05) is 88.0 Å². The second-order valence-corrected chi connectivity index (χ2v) is 23.3. The van der Waals surface area contributed by atoms with Gasteiger partial charge in [0.25, 0.3) is 5.56 Å². The van der Waals surface area contributed by atoms with E-state index in [4.69, 9.17) is 14.5 Å². The molecule has 1 saturated carbocycles. The van der Waals surface area contributed by atoms with Crippen molar-refractivity contribution >= 4 is 63.3 Å². The molecule has 5 N–H and O–H groups in total. The minimum Gasteiger partial charge on any atom is -0.494 e. The van der Waals surface area contributed by atoms with Gasteiger partial charge < -0.3 is 45.6 Å². The number of β-amino-alcohol motifs (C(OH)–C–C–N with tert-alkyl or cyclic N) is 1. The number of pyridine rings is 1. The number of amides is 4. The number of anilines is 3. The number of aliphatic hydroxyl groups is 1. The van der Waals surface area contributed by atoms with E-state index in [1.54, 1.807) is 30.7 Å². The Kier molecular flexibility index (Phi) is 20.1. The average Bonchev–Trinajstić information content (AvgIpc) is 4.18. The van der Waals surface area contributed by atoms with Gasteiger partial charge in [0.1, 0.15) is 23.5 Å². The number of hydrogen-bond donors (Lipinski definition) is 5. The maximum absolute atomic E-state index is 14.1. The molecule has 5 aromatic rings. The Hall–Kier alpha value is -6.48. The lowest BCUT2D eigenvalue weighted by molar-refractivity contribution is -0.144. The van der Waals surface area contributed by atoms with E-state index in [9.17, 15) is 29.1 Å². The van der Waals surface area contributed by atoms with Crippen molar-refractivity contribution in [3.63, 3.8) is 0 Å². The molecule has 8 rings (SSSR count). The molecule has 2 aliphatic heterocycles. The fraction of sp³-hybridized carbons (Fsp3) is 0.559. The van der Waals surface area contributed by atoms with E-state index >= 15 is 0 Å². The number of aromatic nitrogens is 4. The first-order valence-corrected chi connectivity index (χ1v) is 29.1. The number of methoxy groups -OCH3 is 1. The zero-order chi connectivity index (χ0) is 56.2. The molecule has 79 heavy (non-hydrogen) atoms. The molecule has 5 heterocycles. The van der Waals surface area contributed by atoms with E-state index in [2.05, 4.69) is 47.1 Å². The van der Waals surface area contributed by atoms with Crippen LogP contribution in [0.25, 0.3) is 21.5 Å². The number of nitrogens with one attached hydrogen (secondary N) is 4. The normalized spacial score (nSPS) is 19.3. The highest BCUT2D eigenvalue weighted by molar-refractivity contribution is 7.13. The van der Waals surface area contributed by atoms with Gasteiger partial charge in [-0.25, -0.2) is 9.97 Å². The molecular formula is C59H81N11O8S. The number of piperazine rings is 1. The van der Waals surface area contributed by atoms with Crippen LogP contribution in [-0.2, 0) is 30.5 Å². The van der Waals surface area contributed by atoms with Crippen molar-refractivity contribution in [1.82, 2.24) is 45.3 Å². The molecule has 0 unspecified atom stereocenters. The van der Waals surface area contributed by atoms with Gasteiger partial charge in [-0.05, 0) is 93.2 Å². The summed E-state index contributed by atoms with van der Waals surface area (Å²) in [4.78, 5) is 87.5. The van der Waals surface area contributed by atoms with E-state index in [0.717, 1.165) is 128 Å². The number of rotatable bonds is 23. The number of aliphatic hydroxyl groups excluding tert-OH is 1. The number of carbonyl (C=O) groups excluding carboxylic acids is 4. The maximum Gasteiger partial charge on any atom is 0.252 e. The van der Waals surface area contributed by atoms with E-state index in [1.165, 1.54) is 4.90 Å². The van der Waals surface area contributed by atoms with Gasteiger partial charge in [-0.1, -0.05) is 64.8 Å². The zero-order valence-electron chi connectivity index (χ0n) is 47.1. The lowest BCUT2D eigenvalue weighted by atomic mass is 9.85. The minimum atomic E-state index is -0.899. The van der Waals surface area contributed by atoms with Crippen LogP contribution in [-0.4, -0.2) is 142 Å². The molecule has 426 valence electrons. The van der Waals surface area contributed by atoms with E-state index in [0.29, 0.717) is 30.4 Å². The van der Waals surface area contributed by atoms with Gasteiger partial charge in [0.2, 0.25) is 29.6 Å². The third kappa shape index (κ3) is 15.3. The van der Waals surface area contributed by atoms with Gasteiger partial charge in [-0.3, -0.25) is 33.4 Å². The van der Waals surface area contributed by atoms with Crippen molar-refractivity contribution in [2.75, 3.05) is 69.8 Å². The van der Waals surface area contributed by atoms with E-state index < -0.39 is 29.5 Å². The monoisotopic (exact) mass is 1100 g/mol. The Morgan fingerprint density at radius 1 is 0.899 bits per heavy atom. The number of aryl methyl sites for hydroxylation is 2. The first kappa shape index (κ1) is 58.7. The second-order valence-electron chi connectivity index (χ2n) is 22.5. The Bertz CT molecular complexity index is 2940. The summed E-state index contributed by atoms with van der Waals surface area (Å²) < 4.78 is 13.5. The highest BCUT2D eigenvalue weighted by atomic mass is 32.1. The number of ether oxygens (including phenoxy) is 2. The number of carbonyl (C=O) groups is 4. The predicted octanol–water partition coefficient (Wildman–Crippen LogP) is 7.19. The Morgan fingerprint density at radius 2 is 1.65 bits per heavy atom. The smallest absolute Gasteiger partial charge is 0.252 e. The zero-order valence-corrected chi connectivity index (χ0v) is 48.0. The summed E-state index contributed by atoms with van der Waals surface area (Å²) in [7, 11) is 1.65. The summed E-state index contributed by atoms with van der Waals surface area (Å²) in [6, 6.07) is 14.1. The topological polar surface area (TPSA) is 225 Å². The van der Waals surface area contributed by atoms with Crippen LogP contribution in [0.2, 0.25) is 0 Å². The first-order chi connectivity index (χ1) is 38.0. The van der Waals surface area contributed by atoms with Crippen molar-refractivity contribution in [2.24, 2.45) is 5.41 Å². The quantitative estimate of drug-likeness (QED) is 0.0409. The minimum absolute atomic E-state index is 0.0132. The molecule has 0 radical (unpaired) electrons. The molecular weight excluding hydrogens is 1020 g/mol. The molecule has 0 bridgehead atoms. The summed E-state index contributed by atoms with van der Waals surface area (Å²) in [6.07, 6.45) is 8.84. The predicted molar refractivity (Wildman–Crippen MR) is 309 cm³/mol. The van der Waals surface area contributed by atoms with Gasteiger partial charge in [-0.15, -0.1) is 11.3 Å². The Balaban J connectivity index is 0.717. The number of benzene rings is 2. The van der Waals surface area contributed by atoms with Crippen LogP contribution in [0.1, 0.15) is 121 Å². The number of nitrogens with zero attached hydrogens (tertiary/aromatic N) is 7. The molecule has 4 amide bonds. The second kappa shape index (κ2) is 27.1. The fourth-order valence-electron chi connectivity index (χ4n) is 11.0. The molecule has 2 saturated heterocycles. The molecule has 3 fully saturated rings. The van der Waals surface area contributed by atoms with Crippen LogP contribution in [0.4, 0.5) is 17.3 Å². The van der Waals surface area contributed by atoms with Crippen molar-refractivity contribution in [3.8, 4) is 16.2 Å². The van der Waals surface area contributed by atoms with Crippen LogP contribution < -0.4 is 36.5 Å². The summed E-state index contributed by atoms with van der Waals surface area (Å²) in [5.74, 6) is 0.0571. The van der Waals surface area contributed by atoms with Gasteiger partial charge in [-0.2, -0.15) is 4.98 Å². The Morgan fingerprint density at radius 3 is 2.34 bits per heavy atom. The van der Waals surface area contributed by atoms with Crippen LogP contribution in [0.3, 0.4) is 0 Å². The highest BCUT2D eigenvalue weighted by Crippen LogP contribution is 2.35. The third-order valence-electron chi connectivity index (χ3n) is 15.6. The number of likely N-dealkylation sites (tertiary alicyclic amines) is 1. The van der Waals surface area contributed by atoms with Crippen molar-refractivity contribution in [2.45, 2.75) is 149 Å². The summed E-state index contributed by atoms with van der Waals surface area (Å²) in [5.41, 5.74) is 7.25. The van der Waals surface area contributed by atoms with Crippen LogP contribution in [0.15, 0.2) is 65.0 Å². The van der Waals surface area contributed by atoms with Crippen LogP contribution in [0, 0.1) is 19.3 Å². The molecule has 3 aromatic heterocycles. The summed E-state index contributed by atoms with van der Waals surface area (Å²) in [6.45, 7) is 17.2. The molecule has 2 aromatic carbocycles. The third-order valence-corrected chi connectivity index (χ3v) is 16.6. The average molecular weight is 1100 g/mol. The molecule has 0 spiro atoms. The SMILES string of the molecule is CCC(=O)NC1CCC(n2c(=O)cc(C)c3cnc(Nc4ccc(N5CCN(CCCCCCOCCC(=O)N[C@H](C(=O)N6C[C@H](O)C[C@H]6C(=O)NCc6ccc(-c7scnc7C)cc6)C(C)(C)C)CC5)cc4OC)nc32)CC1. The fourth-order valence-corrected chi connectivity index (χ4v) is 11.8. The molecule has 1 aliphatic carbocycles. The van der Waals surface area contributed by atoms with Crippen molar-refractivity contribution in [1.29, 1.82) is 0 Å². The van der Waals surface area contributed by atoms with Crippen molar-refractivity contribution in [3.05, 3.63) is 87.4 Å².